The van der Waals surface area contributed by atoms with E-state index in [1.807, 2.05) is 54.3 Å². The molecule has 160 valence electrons. The normalized spacial score (nSPS) is 16.0. The van der Waals surface area contributed by atoms with E-state index in [0.717, 1.165) is 42.2 Å². The molecule has 0 aliphatic carbocycles. The lowest BCUT2D eigenvalue weighted by atomic mass is 9.94. The molecule has 1 amide bonds. The van der Waals surface area contributed by atoms with E-state index in [9.17, 15) is 4.79 Å². The van der Waals surface area contributed by atoms with E-state index >= 15 is 0 Å². The highest BCUT2D eigenvalue weighted by molar-refractivity contribution is 5.76. The average Bonchev–Trinajstić information content (AvgIpc) is 2.81. The molecule has 7 nitrogen and oxygen atoms in total. The molecule has 0 saturated carbocycles. The van der Waals surface area contributed by atoms with E-state index in [4.69, 9.17) is 9.72 Å². The van der Waals surface area contributed by atoms with Gasteiger partial charge in [-0.15, -0.1) is 0 Å². The maximum Gasteiger partial charge on any atom is 0.226 e. The highest BCUT2D eigenvalue weighted by Gasteiger charge is 2.25. The number of hydrogen-bond acceptors (Lipinski definition) is 6. The number of carbonyl (C=O) groups excluding carboxylic acids is 1. The summed E-state index contributed by atoms with van der Waals surface area (Å²) in [5.41, 5.74) is 2.07. The molecule has 1 atom stereocenters. The molecule has 0 radical (unpaired) electrons. The van der Waals surface area contributed by atoms with Crippen LogP contribution in [-0.2, 0) is 4.79 Å². The summed E-state index contributed by atoms with van der Waals surface area (Å²) in [6, 6.07) is 13.8. The minimum absolute atomic E-state index is 0.132. The molecule has 1 saturated heterocycles. The number of benzene rings is 1. The highest BCUT2D eigenvalue weighted by Crippen LogP contribution is 2.27. The summed E-state index contributed by atoms with van der Waals surface area (Å²) in [5, 5.41) is 3.18. The Bertz CT molecular complexity index is 1010. The smallest absolute Gasteiger partial charge is 0.226 e. The van der Waals surface area contributed by atoms with Gasteiger partial charge in [0.15, 0.2) is 0 Å². The van der Waals surface area contributed by atoms with Crippen LogP contribution in [0.1, 0.15) is 36.4 Å². The number of rotatable bonds is 7. The Hall–Kier alpha value is -3.48. The molecule has 31 heavy (non-hydrogen) atoms. The van der Waals surface area contributed by atoms with E-state index in [0.29, 0.717) is 25.4 Å². The highest BCUT2D eigenvalue weighted by atomic mass is 16.5. The third-order valence-corrected chi connectivity index (χ3v) is 5.45. The molecule has 7 heteroatoms. The molecule has 1 unspecified atom stereocenters. The Balaban J connectivity index is 1.33. The number of ether oxygens (including phenoxy) is 1. The number of nitrogens with one attached hydrogen (secondary N) is 1. The Morgan fingerprint density at radius 2 is 2.06 bits per heavy atom. The van der Waals surface area contributed by atoms with Crippen LogP contribution in [0, 0.1) is 6.92 Å². The van der Waals surface area contributed by atoms with Gasteiger partial charge < -0.3 is 15.0 Å². The molecular formula is C24H27N5O2. The largest absolute Gasteiger partial charge is 0.493 e. The standard InChI is InChI=1S/C24H27N5O2/c1-18-6-2-3-9-21(18)31-15-11-24(30)29-14-5-7-19(17-29)20-8-4-10-22(27-20)28-23-16-25-12-13-26-23/h2-4,6,8-10,12-13,16,19H,5,7,11,14-15,17H2,1H3,(H,26,27,28). The predicted molar refractivity (Wildman–Crippen MR) is 119 cm³/mol. The van der Waals surface area contributed by atoms with Crippen molar-refractivity contribution in [2.45, 2.75) is 32.1 Å². The van der Waals surface area contributed by atoms with Crippen LogP contribution in [0.4, 0.5) is 11.6 Å². The van der Waals surface area contributed by atoms with E-state index in [2.05, 4.69) is 15.3 Å². The van der Waals surface area contributed by atoms with Gasteiger partial charge in [-0.05, 0) is 43.5 Å². The molecule has 1 aliphatic heterocycles. The van der Waals surface area contributed by atoms with Crippen LogP contribution < -0.4 is 10.1 Å². The first-order valence-electron chi connectivity index (χ1n) is 10.7. The second kappa shape index (κ2) is 10.0. The monoisotopic (exact) mass is 417 g/mol. The molecular weight excluding hydrogens is 390 g/mol. The molecule has 0 spiro atoms. The predicted octanol–water partition coefficient (Wildman–Crippen LogP) is 4.10. The fourth-order valence-corrected chi connectivity index (χ4v) is 3.81. The lowest BCUT2D eigenvalue weighted by molar-refractivity contribution is -0.132. The van der Waals surface area contributed by atoms with Crippen molar-refractivity contribution >= 4 is 17.5 Å². The van der Waals surface area contributed by atoms with E-state index < -0.39 is 0 Å². The molecule has 3 heterocycles. The summed E-state index contributed by atoms with van der Waals surface area (Å²) in [7, 11) is 0. The van der Waals surface area contributed by atoms with Crippen LogP contribution in [0.5, 0.6) is 5.75 Å². The second-order valence-corrected chi connectivity index (χ2v) is 7.71. The summed E-state index contributed by atoms with van der Waals surface area (Å²) in [6.45, 7) is 3.87. The van der Waals surface area contributed by atoms with Gasteiger partial charge in [0.1, 0.15) is 17.4 Å². The third-order valence-electron chi connectivity index (χ3n) is 5.45. The van der Waals surface area contributed by atoms with Gasteiger partial charge in [0, 0.05) is 37.1 Å². The number of carbonyl (C=O) groups is 1. The first-order chi connectivity index (χ1) is 15.2. The van der Waals surface area contributed by atoms with Crippen LogP contribution in [0.3, 0.4) is 0 Å². The van der Waals surface area contributed by atoms with Crippen LogP contribution in [0.15, 0.2) is 61.1 Å². The average molecular weight is 418 g/mol. The zero-order valence-corrected chi connectivity index (χ0v) is 17.7. The summed E-state index contributed by atoms with van der Waals surface area (Å²) >= 11 is 0. The fraction of sp³-hybridized carbons (Fsp3) is 0.333. The van der Waals surface area contributed by atoms with E-state index in [1.165, 1.54) is 0 Å². The molecule has 3 aromatic rings. The maximum atomic E-state index is 12.8. The SMILES string of the molecule is Cc1ccccc1OCCC(=O)N1CCCC(c2cccc(Nc3cnccn3)n2)C1. The molecule has 1 fully saturated rings. The van der Waals surface area contributed by atoms with Gasteiger partial charge in [0.05, 0.1) is 19.2 Å². The summed E-state index contributed by atoms with van der Waals surface area (Å²) < 4.78 is 5.80. The Labute approximate surface area is 182 Å². The first kappa shape index (κ1) is 20.8. The zero-order chi connectivity index (χ0) is 21.5. The van der Waals surface area contributed by atoms with Crippen molar-refractivity contribution < 1.29 is 9.53 Å². The Morgan fingerprint density at radius 1 is 1.16 bits per heavy atom. The minimum Gasteiger partial charge on any atom is -0.493 e. The third kappa shape index (κ3) is 5.57. The Morgan fingerprint density at radius 3 is 2.90 bits per heavy atom. The summed E-state index contributed by atoms with van der Waals surface area (Å²) in [5.74, 6) is 2.57. The maximum absolute atomic E-state index is 12.8. The number of anilines is 2. The van der Waals surface area contributed by atoms with Crippen LogP contribution in [0.2, 0.25) is 0 Å². The first-order valence-corrected chi connectivity index (χ1v) is 10.7. The number of para-hydroxylation sites is 1. The number of amides is 1. The Kier molecular flexibility index (Phi) is 6.72. The lowest BCUT2D eigenvalue weighted by Gasteiger charge is -2.32. The molecule has 2 aromatic heterocycles. The molecule has 1 N–H and O–H groups in total. The van der Waals surface area contributed by atoms with Crippen molar-refractivity contribution in [2.75, 3.05) is 25.0 Å². The van der Waals surface area contributed by atoms with Crippen LogP contribution in [-0.4, -0.2) is 45.5 Å². The number of aryl methyl sites for hydroxylation is 1. The number of aromatic nitrogens is 3. The molecule has 1 aliphatic rings. The lowest BCUT2D eigenvalue weighted by Crippen LogP contribution is -2.39. The van der Waals surface area contributed by atoms with Gasteiger partial charge in [-0.2, -0.15) is 0 Å². The minimum atomic E-state index is 0.132. The summed E-state index contributed by atoms with van der Waals surface area (Å²) in [4.78, 5) is 27.7. The molecule has 1 aromatic carbocycles. The van der Waals surface area contributed by atoms with E-state index in [-0.39, 0.29) is 11.8 Å². The van der Waals surface area contributed by atoms with Crippen molar-refractivity contribution in [1.82, 2.24) is 19.9 Å². The number of likely N-dealkylation sites (tertiary alicyclic amines) is 1. The van der Waals surface area contributed by atoms with Gasteiger partial charge in [0.25, 0.3) is 0 Å². The van der Waals surface area contributed by atoms with Crippen molar-refractivity contribution in [3.05, 3.63) is 72.3 Å². The second-order valence-electron chi connectivity index (χ2n) is 7.71. The quantitative estimate of drug-likeness (QED) is 0.623. The molecule has 4 rings (SSSR count). The van der Waals surface area contributed by atoms with Gasteiger partial charge >= 0.3 is 0 Å². The van der Waals surface area contributed by atoms with Gasteiger partial charge in [-0.25, -0.2) is 9.97 Å². The van der Waals surface area contributed by atoms with Crippen molar-refractivity contribution in [1.29, 1.82) is 0 Å². The van der Waals surface area contributed by atoms with Crippen LogP contribution in [0.25, 0.3) is 0 Å². The topological polar surface area (TPSA) is 80.2 Å². The van der Waals surface area contributed by atoms with Crippen molar-refractivity contribution in [3.8, 4) is 5.75 Å². The number of piperidine rings is 1. The van der Waals surface area contributed by atoms with Gasteiger partial charge in [-0.1, -0.05) is 24.3 Å². The zero-order valence-electron chi connectivity index (χ0n) is 17.7. The van der Waals surface area contributed by atoms with E-state index in [1.54, 1.807) is 18.6 Å². The van der Waals surface area contributed by atoms with Crippen molar-refractivity contribution in [2.24, 2.45) is 0 Å². The van der Waals surface area contributed by atoms with Crippen molar-refractivity contribution in [3.63, 3.8) is 0 Å². The van der Waals surface area contributed by atoms with Gasteiger partial charge in [0.2, 0.25) is 5.91 Å². The number of hydrogen-bond donors (Lipinski definition) is 1. The van der Waals surface area contributed by atoms with Gasteiger partial charge in [-0.3, -0.25) is 9.78 Å². The van der Waals surface area contributed by atoms with Crippen LogP contribution >= 0.6 is 0 Å². The summed E-state index contributed by atoms with van der Waals surface area (Å²) in [6.07, 6.45) is 7.30. The number of pyridine rings is 1. The number of nitrogens with zero attached hydrogens (tertiary/aromatic N) is 4. The molecule has 0 bridgehead atoms. The fourth-order valence-electron chi connectivity index (χ4n) is 3.81.